The van der Waals surface area contributed by atoms with Gasteiger partial charge in [-0.15, -0.1) is 17.0 Å². The molecule has 0 saturated heterocycles. The fourth-order valence-corrected chi connectivity index (χ4v) is 3.69. The summed E-state index contributed by atoms with van der Waals surface area (Å²) in [5.41, 5.74) is 6.94. The Morgan fingerprint density at radius 2 is 1.08 bits per heavy atom. The van der Waals surface area contributed by atoms with Gasteiger partial charge in [-0.3, -0.25) is 0 Å². The molecular weight excluding hydrogens is 473 g/mol. The van der Waals surface area contributed by atoms with E-state index >= 15 is 0 Å². The Kier molecular flexibility index (Phi) is 21.6. The van der Waals surface area contributed by atoms with E-state index in [1.807, 2.05) is 0 Å². The standard InChI is InChI=1S/C21H44IN.BrH/c1-4-6-8-10-12-14-17-21(23,19-16-20(3)22)18-15-13-11-9-7-5-2;/h20H,4-19,23H2,1-3H3;1H. The Labute approximate surface area is 177 Å². The van der Waals surface area contributed by atoms with E-state index in [1.54, 1.807) is 0 Å². The molecule has 0 aliphatic carbocycles. The molecule has 0 aliphatic rings. The lowest BCUT2D eigenvalue weighted by Gasteiger charge is -2.30. The van der Waals surface area contributed by atoms with Crippen molar-refractivity contribution in [2.75, 3.05) is 0 Å². The van der Waals surface area contributed by atoms with E-state index < -0.39 is 0 Å². The van der Waals surface area contributed by atoms with E-state index in [0.29, 0.717) is 0 Å². The summed E-state index contributed by atoms with van der Waals surface area (Å²) in [4.78, 5) is 0. The van der Waals surface area contributed by atoms with Gasteiger partial charge in [0.25, 0.3) is 0 Å². The van der Waals surface area contributed by atoms with Gasteiger partial charge in [-0.1, -0.05) is 120 Å². The third-order valence-corrected chi connectivity index (χ3v) is 5.72. The van der Waals surface area contributed by atoms with Crippen LogP contribution >= 0.6 is 39.6 Å². The minimum absolute atomic E-state index is 0. The first-order valence-corrected chi connectivity index (χ1v) is 11.7. The van der Waals surface area contributed by atoms with E-state index in [4.69, 9.17) is 5.73 Å². The average molecular weight is 518 g/mol. The van der Waals surface area contributed by atoms with Gasteiger partial charge in [0.15, 0.2) is 0 Å². The molecule has 2 N–H and O–H groups in total. The molecule has 1 nitrogen and oxygen atoms in total. The predicted molar refractivity (Wildman–Crippen MR) is 126 cm³/mol. The number of hydrogen-bond acceptors (Lipinski definition) is 1. The number of hydrogen-bond donors (Lipinski definition) is 1. The second-order valence-electron chi connectivity index (χ2n) is 7.72. The third-order valence-electron chi connectivity index (χ3n) is 5.10. The highest BCUT2D eigenvalue weighted by Crippen LogP contribution is 2.27. The molecule has 0 radical (unpaired) electrons. The summed E-state index contributed by atoms with van der Waals surface area (Å²) in [7, 11) is 0. The fourth-order valence-electron chi connectivity index (χ4n) is 3.38. The van der Waals surface area contributed by atoms with Crippen molar-refractivity contribution in [3.63, 3.8) is 0 Å². The summed E-state index contributed by atoms with van der Waals surface area (Å²) in [5, 5.41) is 0. The third kappa shape index (κ3) is 18.0. The number of halogens is 2. The second kappa shape index (κ2) is 18.9. The van der Waals surface area contributed by atoms with Crippen molar-refractivity contribution in [1.29, 1.82) is 0 Å². The van der Waals surface area contributed by atoms with E-state index in [2.05, 4.69) is 43.4 Å². The molecule has 24 heavy (non-hydrogen) atoms. The number of nitrogens with two attached hydrogens (primary N) is 1. The lowest BCUT2D eigenvalue weighted by Crippen LogP contribution is -2.40. The van der Waals surface area contributed by atoms with Crippen molar-refractivity contribution in [2.24, 2.45) is 5.73 Å². The molecule has 0 bridgehead atoms. The van der Waals surface area contributed by atoms with Crippen molar-refractivity contribution < 1.29 is 0 Å². The first-order valence-electron chi connectivity index (χ1n) is 10.5. The molecule has 0 rings (SSSR count). The molecular formula is C21H45BrIN. The van der Waals surface area contributed by atoms with Crippen molar-refractivity contribution in [1.82, 2.24) is 0 Å². The van der Waals surface area contributed by atoms with E-state index in [-0.39, 0.29) is 22.5 Å². The zero-order valence-corrected chi connectivity index (χ0v) is 20.6. The quantitative estimate of drug-likeness (QED) is 0.117. The SMILES string of the molecule is Br.CCCCCCCCC(N)(CCCCCCCC)CCC(C)I. The highest BCUT2D eigenvalue weighted by atomic mass is 127. The zero-order chi connectivity index (χ0) is 17.4. The predicted octanol–water partition coefficient (Wildman–Crippen LogP) is 8.37. The normalized spacial score (nSPS) is 12.9. The van der Waals surface area contributed by atoms with Crippen LogP contribution in [-0.4, -0.2) is 9.46 Å². The molecule has 0 heterocycles. The van der Waals surface area contributed by atoms with Crippen LogP contribution in [0.25, 0.3) is 0 Å². The molecule has 1 unspecified atom stereocenters. The first-order chi connectivity index (χ1) is 11.0. The van der Waals surface area contributed by atoms with Crippen molar-refractivity contribution in [3.05, 3.63) is 0 Å². The van der Waals surface area contributed by atoms with E-state index in [0.717, 1.165) is 3.92 Å². The molecule has 3 heteroatoms. The molecule has 0 amide bonds. The Bertz CT molecular complexity index is 230. The Morgan fingerprint density at radius 1 is 0.708 bits per heavy atom. The summed E-state index contributed by atoms with van der Waals surface area (Å²) in [6, 6.07) is 0. The van der Waals surface area contributed by atoms with Crippen molar-refractivity contribution >= 4 is 39.6 Å². The van der Waals surface area contributed by atoms with Crippen LogP contribution in [0.1, 0.15) is 124 Å². The maximum atomic E-state index is 6.82. The van der Waals surface area contributed by atoms with Crippen LogP contribution in [0.4, 0.5) is 0 Å². The summed E-state index contributed by atoms with van der Waals surface area (Å²) in [6.45, 7) is 6.89. The molecule has 0 saturated carbocycles. The van der Waals surface area contributed by atoms with Crippen LogP contribution in [0.5, 0.6) is 0 Å². The van der Waals surface area contributed by atoms with E-state index in [9.17, 15) is 0 Å². The van der Waals surface area contributed by atoms with Gasteiger partial charge < -0.3 is 5.73 Å². The van der Waals surface area contributed by atoms with Crippen LogP contribution in [-0.2, 0) is 0 Å². The lowest BCUT2D eigenvalue weighted by molar-refractivity contribution is 0.308. The molecule has 0 spiro atoms. The minimum Gasteiger partial charge on any atom is -0.325 e. The van der Waals surface area contributed by atoms with Crippen molar-refractivity contribution in [2.45, 2.75) is 133 Å². The van der Waals surface area contributed by atoms with Gasteiger partial charge in [0, 0.05) is 9.46 Å². The second-order valence-corrected chi connectivity index (χ2v) is 9.84. The first kappa shape index (κ1) is 27.4. The van der Waals surface area contributed by atoms with Gasteiger partial charge in [0.05, 0.1) is 0 Å². The Balaban J connectivity index is 0. The topological polar surface area (TPSA) is 26.0 Å². The van der Waals surface area contributed by atoms with Gasteiger partial charge in [-0.2, -0.15) is 0 Å². The van der Waals surface area contributed by atoms with Crippen LogP contribution in [0, 0.1) is 0 Å². The lowest BCUT2D eigenvalue weighted by atomic mass is 9.83. The maximum absolute atomic E-state index is 6.82. The maximum Gasteiger partial charge on any atom is 0.0154 e. The number of rotatable bonds is 17. The molecule has 0 aromatic rings. The smallest absolute Gasteiger partial charge is 0.0154 e. The van der Waals surface area contributed by atoms with Crippen LogP contribution in [0.2, 0.25) is 0 Å². The highest BCUT2D eigenvalue weighted by molar-refractivity contribution is 14.1. The molecule has 0 aliphatic heterocycles. The average Bonchev–Trinajstić information content (AvgIpc) is 2.52. The van der Waals surface area contributed by atoms with Crippen LogP contribution in [0.15, 0.2) is 0 Å². The minimum atomic E-state index is 0. The van der Waals surface area contributed by atoms with Gasteiger partial charge in [-0.25, -0.2) is 0 Å². The van der Waals surface area contributed by atoms with Gasteiger partial charge in [0.2, 0.25) is 0 Å². The van der Waals surface area contributed by atoms with Gasteiger partial charge in [-0.05, 0) is 25.7 Å². The highest BCUT2D eigenvalue weighted by Gasteiger charge is 2.24. The van der Waals surface area contributed by atoms with Crippen LogP contribution < -0.4 is 5.73 Å². The Morgan fingerprint density at radius 3 is 1.46 bits per heavy atom. The number of alkyl halides is 1. The molecule has 0 aromatic heterocycles. The zero-order valence-electron chi connectivity index (χ0n) is 16.8. The van der Waals surface area contributed by atoms with Crippen LogP contribution in [0.3, 0.4) is 0 Å². The number of unbranched alkanes of at least 4 members (excludes halogenated alkanes) is 10. The summed E-state index contributed by atoms with van der Waals surface area (Å²) in [5.74, 6) is 0. The summed E-state index contributed by atoms with van der Waals surface area (Å²) < 4.78 is 0.754. The summed E-state index contributed by atoms with van der Waals surface area (Å²) >= 11 is 2.55. The monoisotopic (exact) mass is 517 g/mol. The van der Waals surface area contributed by atoms with Gasteiger partial charge in [0.1, 0.15) is 0 Å². The molecule has 1 atom stereocenters. The fraction of sp³-hybridized carbons (Fsp3) is 1.00. The molecule has 0 fully saturated rings. The Hall–Kier alpha value is 1.17. The molecule has 0 aromatic carbocycles. The largest absolute Gasteiger partial charge is 0.325 e. The van der Waals surface area contributed by atoms with E-state index in [1.165, 1.54) is 103 Å². The molecule has 148 valence electrons. The summed E-state index contributed by atoms with van der Waals surface area (Å²) in [6.07, 6.45) is 21.6. The van der Waals surface area contributed by atoms with Crippen molar-refractivity contribution in [3.8, 4) is 0 Å². The van der Waals surface area contributed by atoms with Gasteiger partial charge >= 0.3 is 0 Å².